The Hall–Kier alpha value is -4.22. The summed E-state index contributed by atoms with van der Waals surface area (Å²) in [6.45, 7) is 4.17. The number of imide groups is 1. The highest BCUT2D eigenvalue weighted by Gasteiger charge is 2.73. The molecule has 8 heteroatoms. The van der Waals surface area contributed by atoms with Crippen LogP contribution in [-0.2, 0) is 14.3 Å². The van der Waals surface area contributed by atoms with Crippen molar-refractivity contribution in [2.24, 2.45) is 11.8 Å². The van der Waals surface area contributed by atoms with Gasteiger partial charge in [0.25, 0.3) is 5.88 Å². The molecule has 0 radical (unpaired) electrons. The predicted octanol–water partition coefficient (Wildman–Crippen LogP) is 5.06. The number of hydrogen-bond donors (Lipinski definition) is 0. The number of carbonyl (C=O) groups excluding carboxylic acids is 2. The predicted molar refractivity (Wildman–Crippen MR) is 138 cm³/mol. The van der Waals surface area contributed by atoms with E-state index in [0.717, 1.165) is 10.9 Å². The molecule has 3 saturated heterocycles. The number of nitriles is 1. The highest BCUT2D eigenvalue weighted by molar-refractivity contribution is 6.26. The van der Waals surface area contributed by atoms with Gasteiger partial charge >= 0.3 is 0 Å². The molecule has 190 valence electrons. The van der Waals surface area contributed by atoms with Crippen molar-refractivity contribution in [2.45, 2.75) is 44.3 Å². The Bertz CT molecular complexity index is 1700. The van der Waals surface area contributed by atoms with Crippen LogP contribution < -0.4 is 9.64 Å². The van der Waals surface area contributed by atoms with Gasteiger partial charge < -0.3 is 14.0 Å². The summed E-state index contributed by atoms with van der Waals surface area (Å²) in [5.41, 5.74) is 1.17. The summed E-state index contributed by atoms with van der Waals surface area (Å²) in [6.07, 6.45) is 1.82. The Morgan fingerprint density at radius 1 is 1.03 bits per heavy atom. The number of aryl methyl sites for hydroxylation is 1. The van der Waals surface area contributed by atoms with Crippen molar-refractivity contribution in [3.8, 4) is 11.9 Å². The molecule has 0 spiro atoms. The Balaban J connectivity index is 1.21. The number of aromatic nitrogens is 1. The fourth-order valence-corrected chi connectivity index (χ4v) is 6.93. The van der Waals surface area contributed by atoms with E-state index >= 15 is 0 Å². The smallest absolute Gasteiger partial charge is 0.262 e. The zero-order chi connectivity index (χ0) is 26.2. The van der Waals surface area contributed by atoms with Gasteiger partial charge in [0, 0.05) is 17.2 Å². The second-order valence-corrected chi connectivity index (χ2v) is 10.8. The van der Waals surface area contributed by atoms with Crippen LogP contribution in [0.4, 0.5) is 5.69 Å². The minimum absolute atomic E-state index is 0.238. The number of anilines is 1. The molecule has 38 heavy (non-hydrogen) atoms. The van der Waals surface area contributed by atoms with Crippen LogP contribution in [0.3, 0.4) is 0 Å². The lowest BCUT2D eigenvalue weighted by Gasteiger charge is -2.31. The molecule has 2 amide bonds. The molecule has 1 aromatic heterocycles. The second kappa shape index (κ2) is 7.89. The molecule has 7 rings (SSSR count). The average Bonchev–Trinajstić information content (AvgIpc) is 3.63. The quantitative estimate of drug-likeness (QED) is 0.348. The van der Waals surface area contributed by atoms with Gasteiger partial charge in [-0.3, -0.25) is 9.59 Å². The van der Waals surface area contributed by atoms with Crippen molar-refractivity contribution in [2.75, 3.05) is 11.5 Å². The topological polar surface area (TPSA) is 106 Å². The van der Waals surface area contributed by atoms with Gasteiger partial charge in [0.15, 0.2) is 5.58 Å². The average molecular weight is 508 g/mol. The van der Waals surface area contributed by atoms with Crippen molar-refractivity contribution in [1.29, 1.82) is 5.26 Å². The fraction of sp³-hybridized carbons (Fsp3) is 0.333. The highest BCUT2D eigenvalue weighted by atomic mass is 16.6. The molecule has 8 nitrogen and oxygen atoms in total. The van der Waals surface area contributed by atoms with Crippen LogP contribution in [0.5, 0.6) is 5.88 Å². The zero-order valence-electron chi connectivity index (χ0n) is 21.1. The van der Waals surface area contributed by atoms with E-state index in [1.54, 1.807) is 12.1 Å². The van der Waals surface area contributed by atoms with Crippen LogP contribution >= 0.6 is 0 Å². The van der Waals surface area contributed by atoms with Gasteiger partial charge in [-0.05, 0) is 55.6 Å². The van der Waals surface area contributed by atoms with E-state index < -0.39 is 23.0 Å². The third-order valence-corrected chi connectivity index (χ3v) is 8.70. The lowest BCUT2D eigenvalue weighted by molar-refractivity contribution is -0.131. The van der Waals surface area contributed by atoms with E-state index in [-0.39, 0.29) is 18.4 Å². The van der Waals surface area contributed by atoms with Gasteiger partial charge in [-0.25, -0.2) is 4.90 Å². The first kappa shape index (κ1) is 22.9. The largest absolute Gasteiger partial charge is 0.475 e. The summed E-state index contributed by atoms with van der Waals surface area (Å²) >= 11 is 0. The van der Waals surface area contributed by atoms with Crippen LogP contribution in [0.2, 0.25) is 0 Å². The number of ether oxygens (including phenoxy) is 2. The Kier molecular flexibility index (Phi) is 4.76. The third-order valence-electron chi connectivity index (χ3n) is 8.70. The minimum Gasteiger partial charge on any atom is -0.475 e. The summed E-state index contributed by atoms with van der Waals surface area (Å²) in [5.74, 6) is -1.23. The maximum atomic E-state index is 14.0. The first-order valence-electron chi connectivity index (χ1n) is 12.8. The van der Waals surface area contributed by atoms with Crippen molar-refractivity contribution in [3.63, 3.8) is 0 Å². The lowest BCUT2D eigenvalue weighted by Crippen LogP contribution is -2.43. The van der Waals surface area contributed by atoms with Gasteiger partial charge in [0.1, 0.15) is 0 Å². The van der Waals surface area contributed by atoms with Gasteiger partial charge in [-0.15, -0.1) is 0 Å². The Labute approximate surface area is 218 Å². The first-order valence-corrected chi connectivity index (χ1v) is 12.8. The first-order chi connectivity index (χ1) is 18.4. The van der Waals surface area contributed by atoms with Crippen molar-refractivity contribution >= 4 is 39.2 Å². The van der Waals surface area contributed by atoms with E-state index in [2.05, 4.69) is 11.2 Å². The molecule has 3 aliphatic heterocycles. The minimum atomic E-state index is -0.793. The molecule has 4 aromatic rings. The number of amides is 2. The molecule has 4 atom stereocenters. The summed E-state index contributed by atoms with van der Waals surface area (Å²) in [7, 11) is 0. The van der Waals surface area contributed by atoms with E-state index in [0.29, 0.717) is 52.7 Å². The molecule has 2 bridgehead atoms. The van der Waals surface area contributed by atoms with E-state index in [1.165, 1.54) is 4.90 Å². The number of nitrogens with zero attached hydrogens (tertiary/aromatic N) is 3. The lowest BCUT2D eigenvalue weighted by atomic mass is 9.67. The zero-order valence-corrected chi connectivity index (χ0v) is 21.1. The van der Waals surface area contributed by atoms with E-state index in [1.807, 2.05) is 56.3 Å². The number of para-hydroxylation sites is 1. The van der Waals surface area contributed by atoms with Gasteiger partial charge in [-0.1, -0.05) is 36.4 Å². The van der Waals surface area contributed by atoms with Gasteiger partial charge in [-0.2, -0.15) is 5.26 Å². The summed E-state index contributed by atoms with van der Waals surface area (Å²) < 4.78 is 18.1. The van der Waals surface area contributed by atoms with Crippen LogP contribution in [0.1, 0.15) is 37.3 Å². The summed E-state index contributed by atoms with van der Waals surface area (Å²) in [5, 5.41) is 15.9. The number of rotatable bonds is 5. The molecular formula is C30H25N3O5. The third kappa shape index (κ3) is 2.96. The molecule has 3 fully saturated rings. The normalized spacial score (nSPS) is 27.9. The standard InChI is InChI=1S/C30H25N3O5/c1-17-6-5-9-21-25(17)37-32-26(21)36-15-14-30-13-12-29(2,38-30)23-24(30)28(35)33(27(23)34)22-11-10-18(16-31)19-7-3-4-8-20(19)22/h3-11,23-24H,12-15H2,1-2H3/t23-,24+,29-,30-/m1/s1. The molecule has 0 saturated carbocycles. The Morgan fingerprint density at radius 2 is 1.79 bits per heavy atom. The Morgan fingerprint density at radius 3 is 2.61 bits per heavy atom. The molecule has 4 heterocycles. The maximum absolute atomic E-state index is 14.0. The van der Waals surface area contributed by atoms with Gasteiger partial charge in [0.2, 0.25) is 11.8 Å². The number of hydrogen-bond acceptors (Lipinski definition) is 7. The van der Waals surface area contributed by atoms with Crippen LogP contribution in [0.15, 0.2) is 59.1 Å². The monoisotopic (exact) mass is 507 g/mol. The molecule has 3 aromatic carbocycles. The fourth-order valence-electron chi connectivity index (χ4n) is 6.93. The van der Waals surface area contributed by atoms with Crippen molar-refractivity contribution in [1.82, 2.24) is 5.16 Å². The molecular weight excluding hydrogens is 482 g/mol. The van der Waals surface area contributed by atoms with Crippen molar-refractivity contribution < 1.29 is 23.6 Å². The summed E-state index contributed by atoms with van der Waals surface area (Å²) in [4.78, 5) is 29.2. The van der Waals surface area contributed by atoms with Crippen molar-refractivity contribution in [3.05, 3.63) is 65.7 Å². The molecule has 0 unspecified atom stereocenters. The SMILES string of the molecule is Cc1cccc2c(OCC[C@@]34CC[C@@](C)(O3)[C@H]3C(=O)N(c5ccc(C#N)c6ccccc56)C(=O)[C@H]34)noc12. The number of benzene rings is 3. The van der Waals surface area contributed by atoms with Gasteiger partial charge in [0.05, 0.1) is 52.4 Å². The number of fused-ring (bicyclic) bond motifs is 7. The summed E-state index contributed by atoms with van der Waals surface area (Å²) in [6, 6.07) is 18.7. The van der Waals surface area contributed by atoms with Crippen LogP contribution in [-0.4, -0.2) is 34.8 Å². The second-order valence-electron chi connectivity index (χ2n) is 10.8. The van der Waals surface area contributed by atoms with E-state index in [9.17, 15) is 14.9 Å². The molecule has 0 N–H and O–H groups in total. The molecule has 3 aliphatic rings. The van der Waals surface area contributed by atoms with E-state index in [4.69, 9.17) is 14.0 Å². The highest BCUT2D eigenvalue weighted by Crippen LogP contribution is 2.62. The van der Waals surface area contributed by atoms with Crippen LogP contribution in [0, 0.1) is 30.1 Å². The number of carbonyl (C=O) groups is 2. The maximum Gasteiger partial charge on any atom is 0.262 e. The van der Waals surface area contributed by atoms with Crippen LogP contribution in [0.25, 0.3) is 21.7 Å². The molecule has 0 aliphatic carbocycles.